The SMILES string of the molecule is CC(=O)NC1C(NC(N)N)C=C(C(=O)O)OC1C(OCC1CCCCC1)C(O)CO. The van der Waals surface area contributed by atoms with E-state index in [0.29, 0.717) is 12.5 Å². The molecule has 0 radical (unpaired) electrons. The lowest BCUT2D eigenvalue weighted by Crippen LogP contribution is -2.66. The maximum Gasteiger partial charge on any atom is 0.370 e. The molecule has 1 heterocycles. The summed E-state index contributed by atoms with van der Waals surface area (Å²) < 4.78 is 11.6. The van der Waals surface area contributed by atoms with Gasteiger partial charge in [0.15, 0.2) is 0 Å². The molecule has 11 nitrogen and oxygen atoms in total. The van der Waals surface area contributed by atoms with Crippen LogP contribution in [0, 0.1) is 5.92 Å². The number of hydrogen-bond donors (Lipinski definition) is 7. The summed E-state index contributed by atoms with van der Waals surface area (Å²) in [4.78, 5) is 23.4. The Morgan fingerprint density at radius 2 is 1.97 bits per heavy atom. The summed E-state index contributed by atoms with van der Waals surface area (Å²) in [6.07, 6.45) is 2.08. The first kappa shape index (κ1) is 24.5. The number of aliphatic carboxylic acids is 1. The molecule has 5 atom stereocenters. The Labute approximate surface area is 175 Å². The minimum absolute atomic E-state index is 0.302. The highest BCUT2D eigenvalue weighted by Gasteiger charge is 2.45. The molecular weight excluding hydrogens is 396 g/mol. The zero-order valence-electron chi connectivity index (χ0n) is 17.2. The fourth-order valence-electron chi connectivity index (χ4n) is 4.03. The van der Waals surface area contributed by atoms with Gasteiger partial charge in [-0.2, -0.15) is 0 Å². The highest BCUT2D eigenvalue weighted by molar-refractivity contribution is 5.84. The van der Waals surface area contributed by atoms with Gasteiger partial charge in [0.2, 0.25) is 11.7 Å². The number of nitrogens with two attached hydrogens (primary N) is 2. The van der Waals surface area contributed by atoms with E-state index in [2.05, 4.69) is 10.6 Å². The van der Waals surface area contributed by atoms with Crippen molar-refractivity contribution in [2.45, 2.75) is 75.7 Å². The molecule has 1 amide bonds. The van der Waals surface area contributed by atoms with Gasteiger partial charge in [-0.05, 0) is 24.8 Å². The van der Waals surface area contributed by atoms with Crippen molar-refractivity contribution in [2.75, 3.05) is 13.2 Å². The summed E-state index contributed by atoms with van der Waals surface area (Å²) in [6.45, 7) is 1.00. The fraction of sp³-hybridized carbons (Fsp3) is 0.789. The van der Waals surface area contributed by atoms with Gasteiger partial charge in [0.05, 0.1) is 25.3 Å². The third-order valence-electron chi connectivity index (χ3n) is 5.44. The van der Waals surface area contributed by atoms with Gasteiger partial charge >= 0.3 is 5.97 Å². The second-order valence-corrected chi connectivity index (χ2v) is 7.91. The van der Waals surface area contributed by atoms with Crippen LogP contribution in [0.2, 0.25) is 0 Å². The van der Waals surface area contributed by atoms with E-state index in [1.165, 1.54) is 19.4 Å². The smallest absolute Gasteiger partial charge is 0.370 e. The van der Waals surface area contributed by atoms with Crippen LogP contribution < -0.4 is 22.1 Å². The van der Waals surface area contributed by atoms with Gasteiger partial charge in [-0.1, -0.05) is 19.3 Å². The maximum atomic E-state index is 11.8. The molecule has 9 N–H and O–H groups in total. The van der Waals surface area contributed by atoms with Gasteiger partial charge in [0.1, 0.15) is 24.6 Å². The lowest BCUT2D eigenvalue weighted by molar-refractivity contribution is -0.157. The second kappa shape index (κ2) is 11.6. The van der Waals surface area contributed by atoms with E-state index in [0.717, 1.165) is 25.7 Å². The van der Waals surface area contributed by atoms with Crippen molar-refractivity contribution in [3.05, 3.63) is 11.8 Å². The number of carboxylic acid groups (broad SMARTS) is 1. The first-order valence-electron chi connectivity index (χ1n) is 10.3. The van der Waals surface area contributed by atoms with Crippen molar-refractivity contribution in [1.29, 1.82) is 0 Å². The van der Waals surface area contributed by atoms with Crippen molar-refractivity contribution in [1.82, 2.24) is 10.6 Å². The van der Waals surface area contributed by atoms with E-state index >= 15 is 0 Å². The number of carbonyl (C=O) groups excluding carboxylic acids is 1. The second-order valence-electron chi connectivity index (χ2n) is 7.91. The topological polar surface area (TPSA) is 189 Å². The summed E-state index contributed by atoms with van der Waals surface area (Å²) in [5, 5.41) is 35.0. The van der Waals surface area contributed by atoms with Crippen molar-refractivity contribution in [2.24, 2.45) is 17.4 Å². The van der Waals surface area contributed by atoms with Crippen molar-refractivity contribution >= 4 is 11.9 Å². The Morgan fingerprint density at radius 3 is 2.50 bits per heavy atom. The number of aliphatic hydroxyl groups is 2. The first-order chi connectivity index (χ1) is 14.2. The highest BCUT2D eigenvalue weighted by atomic mass is 16.6. The predicted molar refractivity (Wildman–Crippen MR) is 107 cm³/mol. The minimum Gasteiger partial charge on any atom is -0.478 e. The van der Waals surface area contributed by atoms with E-state index in [-0.39, 0.29) is 0 Å². The molecule has 30 heavy (non-hydrogen) atoms. The molecule has 11 heteroatoms. The first-order valence-corrected chi connectivity index (χ1v) is 10.3. The van der Waals surface area contributed by atoms with E-state index in [1.807, 2.05) is 0 Å². The molecule has 2 aliphatic rings. The van der Waals surface area contributed by atoms with Gasteiger partial charge in [0, 0.05) is 6.92 Å². The summed E-state index contributed by atoms with van der Waals surface area (Å²) in [5.41, 5.74) is 11.2. The molecule has 0 spiro atoms. The largest absolute Gasteiger partial charge is 0.478 e. The molecule has 0 saturated heterocycles. The molecule has 1 saturated carbocycles. The zero-order valence-corrected chi connectivity index (χ0v) is 17.2. The quantitative estimate of drug-likeness (QED) is 0.197. The van der Waals surface area contributed by atoms with Crippen LogP contribution >= 0.6 is 0 Å². The Morgan fingerprint density at radius 1 is 1.30 bits per heavy atom. The summed E-state index contributed by atoms with van der Waals surface area (Å²) in [7, 11) is 0. The van der Waals surface area contributed by atoms with Crippen LogP contribution in [0.3, 0.4) is 0 Å². The average Bonchev–Trinajstić information content (AvgIpc) is 2.69. The number of aliphatic hydroxyl groups excluding tert-OH is 2. The van der Waals surface area contributed by atoms with E-state index in [1.54, 1.807) is 0 Å². The van der Waals surface area contributed by atoms with Crippen molar-refractivity contribution in [3.63, 3.8) is 0 Å². The lowest BCUT2D eigenvalue weighted by Gasteiger charge is -2.42. The van der Waals surface area contributed by atoms with E-state index in [9.17, 15) is 24.9 Å². The molecular formula is C19H34N4O7. The van der Waals surface area contributed by atoms with Crippen LogP contribution in [0.5, 0.6) is 0 Å². The van der Waals surface area contributed by atoms with Crippen LogP contribution in [-0.4, -0.2) is 77.1 Å². The Balaban J connectivity index is 2.30. The Kier molecular flexibility index (Phi) is 9.46. The number of amides is 1. The lowest BCUT2D eigenvalue weighted by atomic mass is 9.89. The Bertz CT molecular complexity index is 610. The molecule has 5 unspecified atom stereocenters. The molecule has 0 aromatic rings. The molecule has 0 aromatic carbocycles. The number of carbonyl (C=O) groups is 2. The van der Waals surface area contributed by atoms with Crippen molar-refractivity contribution in [3.8, 4) is 0 Å². The number of carboxylic acids is 1. The van der Waals surface area contributed by atoms with Crippen LogP contribution in [0.15, 0.2) is 11.8 Å². The van der Waals surface area contributed by atoms with Crippen LogP contribution in [0.4, 0.5) is 0 Å². The third-order valence-corrected chi connectivity index (χ3v) is 5.44. The van der Waals surface area contributed by atoms with Crippen LogP contribution in [0.25, 0.3) is 0 Å². The van der Waals surface area contributed by atoms with E-state index < -0.39 is 60.9 Å². The minimum atomic E-state index is -1.35. The predicted octanol–water partition coefficient (Wildman–Crippen LogP) is -1.66. The van der Waals surface area contributed by atoms with Gasteiger partial charge in [-0.25, -0.2) is 4.79 Å². The fourth-order valence-corrected chi connectivity index (χ4v) is 4.03. The highest BCUT2D eigenvalue weighted by Crippen LogP contribution is 2.28. The average molecular weight is 431 g/mol. The van der Waals surface area contributed by atoms with Crippen LogP contribution in [0.1, 0.15) is 39.0 Å². The zero-order chi connectivity index (χ0) is 22.3. The van der Waals surface area contributed by atoms with E-state index in [4.69, 9.17) is 20.9 Å². The molecule has 172 valence electrons. The van der Waals surface area contributed by atoms with Gasteiger partial charge in [0.25, 0.3) is 0 Å². The number of ether oxygens (including phenoxy) is 2. The standard InChI is InChI=1S/C19H34N4O7/c1-10(25)22-15-12(23-19(20)21)7-14(18(27)28)30-17(15)16(13(26)8-24)29-9-11-5-3-2-4-6-11/h7,11-13,15-17,19,23-24,26H,2-6,8-9,20-21H2,1H3,(H,22,25)(H,27,28). The normalized spacial score (nSPS) is 27.1. The molecule has 1 fully saturated rings. The summed E-state index contributed by atoms with van der Waals surface area (Å²) in [6, 6.07) is -1.65. The maximum absolute atomic E-state index is 11.8. The molecule has 2 rings (SSSR count). The Hall–Kier alpha value is -1.76. The van der Waals surface area contributed by atoms with Gasteiger partial charge in [-0.3, -0.25) is 10.1 Å². The number of hydrogen-bond acceptors (Lipinski definition) is 9. The molecule has 1 aliphatic carbocycles. The van der Waals surface area contributed by atoms with Gasteiger partial charge in [-0.15, -0.1) is 0 Å². The van der Waals surface area contributed by atoms with Crippen LogP contribution in [-0.2, 0) is 19.1 Å². The number of nitrogens with one attached hydrogen (secondary N) is 2. The molecule has 0 bridgehead atoms. The monoisotopic (exact) mass is 430 g/mol. The van der Waals surface area contributed by atoms with Gasteiger partial charge < -0.3 is 41.6 Å². The summed E-state index contributed by atoms with van der Waals surface area (Å²) >= 11 is 0. The molecule has 1 aliphatic heterocycles. The third kappa shape index (κ3) is 6.89. The van der Waals surface area contributed by atoms with Crippen molar-refractivity contribution < 1.29 is 34.4 Å². The summed E-state index contributed by atoms with van der Waals surface area (Å²) in [5.74, 6) is -1.82. The number of rotatable bonds is 10. The molecule has 0 aromatic heterocycles.